The molecule has 0 heterocycles. The number of aliphatic hydroxyl groups excluding tert-OH is 1. The summed E-state index contributed by atoms with van der Waals surface area (Å²) in [5, 5.41) is 10.6. The van der Waals surface area contributed by atoms with E-state index in [1.807, 2.05) is 57.2 Å². The van der Waals surface area contributed by atoms with Crippen molar-refractivity contribution in [3.05, 3.63) is 64.2 Å². The summed E-state index contributed by atoms with van der Waals surface area (Å²) in [7, 11) is 1.66. The van der Waals surface area contributed by atoms with E-state index >= 15 is 0 Å². The maximum atomic E-state index is 10.6. The molecule has 1 unspecified atom stereocenters. The van der Waals surface area contributed by atoms with Crippen LogP contribution in [0.5, 0.6) is 5.75 Å². The van der Waals surface area contributed by atoms with Gasteiger partial charge < -0.3 is 9.84 Å². The van der Waals surface area contributed by atoms with Crippen molar-refractivity contribution in [1.82, 2.24) is 0 Å². The largest absolute Gasteiger partial charge is 0.496 e. The van der Waals surface area contributed by atoms with Gasteiger partial charge in [0.15, 0.2) is 0 Å². The quantitative estimate of drug-likeness (QED) is 0.907. The third kappa shape index (κ3) is 2.64. The third-order valence-corrected chi connectivity index (χ3v) is 3.55. The smallest absolute Gasteiger partial charge is 0.121 e. The van der Waals surface area contributed by atoms with E-state index in [0.717, 1.165) is 33.6 Å². The Labute approximate surface area is 114 Å². The molecule has 2 heteroatoms. The highest BCUT2D eigenvalue weighted by atomic mass is 16.5. The van der Waals surface area contributed by atoms with E-state index in [0.29, 0.717) is 0 Å². The van der Waals surface area contributed by atoms with Crippen LogP contribution in [0.2, 0.25) is 0 Å². The van der Waals surface area contributed by atoms with Crippen molar-refractivity contribution in [2.75, 3.05) is 7.11 Å². The molecular formula is C17H20O2. The standard InChI is InChI=1S/C17H20O2/c1-11-6-5-7-12(2)16(11)17(18)14-8-9-15(19-4)13(3)10-14/h5-10,17-18H,1-4H3. The van der Waals surface area contributed by atoms with Crippen LogP contribution >= 0.6 is 0 Å². The van der Waals surface area contributed by atoms with Crippen molar-refractivity contribution in [1.29, 1.82) is 0 Å². The second-order valence-electron chi connectivity index (χ2n) is 4.94. The number of ether oxygens (including phenoxy) is 1. The number of methoxy groups -OCH3 is 1. The van der Waals surface area contributed by atoms with Gasteiger partial charge in [-0.05, 0) is 60.7 Å². The monoisotopic (exact) mass is 256 g/mol. The molecule has 0 fully saturated rings. The SMILES string of the molecule is COc1ccc(C(O)c2c(C)cccc2C)cc1C. The van der Waals surface area contributed by atoms with Crippen LogP contribution in [-0.4, -0.2) is 12.2 Å². The van der Waals surface area contributed by atoms with Crippen LogP contribution in [-0.2, 0) is 0 Å². The first-order valence-corrected chi connectivity index (χ1v) is 6.43. The second kappa shape index (κ2) is 5.45. The van der Waals surface area contributed by atoms with Gasteiger partial charge in [-0.3, -0.25) is 0 Å². The predicted octanol–water partition coefficient (Wildman–Crippen LogP) is 3.70. The van der Waals surface area contributed by atoms with E-state index in [1.165, 1.54) is 0 Å². The molecule has 0 aliphatic rings. The topological polar surface area (TPSA) is 29.5 Å². The summed E-state index contributed by atoms with van der Waals surface area (Å²) in [6.45, 7) is 6.05. The second-order valence-corrected chi connectivity index (χ2v) is 4.94. The first-order valence-electron chi connectivity index (χ1n) is 6.43. The van der Waals surface area contributed by atoms with Gasteiger partial charge in [-0.2, -0.15) is 0 Å². The Balaban J connectivity index is 2.44. The number of aryl methyl sites for hydroxylation is 3. The summed E-state index contributed by atoms with van der Waals surface area (Å²) in [6.07, 6.45) is -0.592. The number of benzene rings is 2. The van der Waals surface area contributed by atoms with Crippen LogP contribution in [0.3, 0.4) is 0 Å². The molecule has 0 spiro atoms. The summed E-state index contributed by atoms with van der Waals surface area (Å²) >= 11 is 0. The number of hydrogen-bond acceptors (Lipinski definition) is 2. The van der Waals surface area contributed by atoms with E-state index in [4.69, 9.17) is 4.74 Å². The van der Waals surface area contributed by atoms with Gasteiger partial charge in [-0.1, -0.05) is 24.3 Å². The molecule has 2 rings (SSSR count). The van der Waals surface area contributed by atoms with Crippen LogP contribution in [0.25, 0.3) is 0 Å². The van der Waals surface area contributed by atoms with Crippen LogP contribution in [0.15, 0.2) is 36.4 Å². The minimum absolute atomic E-state index is 0.592. The zero-order valence-corrected chi connectivity index (χ0v) is 11.9. The Kier molecular flexibility index (Phi) is 3.91. The van der Waals surface area contributed by atoms with Gasteiger partial charge in [0.25, 0.3) is 0 Å². The molecule has 0 aliphatic heterocycles. The Morgan fingerprint density at radius 1 is 0.947 bits per heavy atom. The Morgan fingerprint density at radius 3 is 2.11 bits per heavy atom. The van der Waals surface area contributed by atoms with Crippen molar-refractivity contribution in [3.8, 4) is 5.75 Å². The molecule has 2 aromatic carbocycles. The highest BCUT2D eigenvalue weighted by Crippen LogP contribution is 2.30. The predicted molar refractivity (Wildman–Crippen MR) is 77.7 cm³/mol. The van der Waals surface area contributed by atoms with Crippen LogP contribution in [0.1, 0.15) is 33.9 Å². The molecule has 1 atom stereocenters. The van der Waals surface area contributed by atoms with Crippen molar-refractivity contribution in [2.45, 2.75) is 26.9 Å². The van der Waals surface area contributed by atoms with E-state index < -0.39 is 6.10 Å². The average molecular weight is 256 g/mol. The fourth-order valence-electron chi connectivity index (χ4n) is 2.50. The molecule has 19 heavy (non-hydrogen) atoms. The number of rotatable bonds is 3. The Morgan fingerprint density at radius 2 is 1.58 bits per heavy atom. The lowest BCUT2D eigenvalue weighted by Crippen LogP contribution is -2.05. The summed E-state index contributed by atoms with van der Waals surface area (Å²) in [5.41, 5.74) is 5.15. The van der Waals surface area contributed by atoms with Crippen LogP contribution < -0.4 is 4.74 Å². The summed E-state index contributed by atoms with van der Waals surface area (Å²) in [4.78, 5) is 0. The van der Waals surface area contributed by atoms with Crippen LogP contribution in [0, 0.1) is 20.8 Å². The fourth-order valence-corrected chi connectivity index (χ4v) is 2.50. The van der Waals surface area contributed by atoms with E-state index in [-0.39, 0.29) is 0 Å². The summed E-state index contributed by atoms with van der Waals surface area (Å²) < 4.78 is 5.25. The molecule has 0 saturated carbocycles. The summed E-state index contributed by atoms with van der Waals surface area (Å²) in [5.74, 6) is 0.845. The van der Waals surface area contributed by atoms with Gasteiger partial charge in [0.05, 0.1) is 7.11 Å². The Bertz CT molecular complexity index is 568. The molecule has 100 valence electrons. The van der Waals surface area contributed by atoms with Gasteiger partial charge >= 0.3 is 0 Å². The molecule has 0 aliphatic carbocycles. The minimum atomic E-state index is -0.592. The average Bonchev–Trinajstić information content (AvgIpc) is 2.38. The molecule has 2 nitrogen and oxygen atoms in total. The van der Waals surface area contributed by atoms with Gasteiger partial charge in [0.2, 0.25) is 0 Å². The first-order chi connectivity index (χ1) is 9.04. The molecule has 0 saturated heterocycles. The first kappa shape index (κ1) is 13.6. The molecule has 0 radical (unpaired) electrons. The van der Waals surface area contributed by atoms with Crippen molar-refractivity contribution in [2.24, 2.45) is 0 Å². The van der Waals surface area contributed by atoms with Crippen LogP contribution in [0.4, 0.5) is 0 Å². The van der Waals surface area contributed by atoms with E-state index in [2.05, 4.69) is 0 Å². The van der Waals surface area contributed by atoms with E-state index in [1.54, 1.807) is 7.11 Å². The minimum Gasteiger partial charge on any atom is -0.496 e. The van der Waals surface area contributed by atoms with Gasteiger partial charge in [-0.15, -0.1) is 0 Å². The zero-order valence-electron chi connectivity index (χ0n) is 11.9. The van der Waals surface area contributed by atoms with Gasteiger partial charge in [-0.25, -0.2) is 0 Å². The number of aliphatic hydroxyl groups is 1. The highest BCUT2D eigenvalue weighted by Gasteiger charge is 2.16. The highest BCUT2D eigenvalue weighted by molar-refractivity contribution is 5.44. The number of hydrogen-bond donors (Lipinski definition) is 1. The molecule has 2 aromatic rings. The lowest BCUT2D eigenvalue weighted by Gasteiger charge is -2.18. The van der Waals surface area contributed by atoms with Crippen molar-refractivity contribution >= 4 is 0 Å². The molecule has 0 bridgehead atoms. The summed E-state index contributed by atoms with van der Waals surface area (Å²) in [6, 6.07) is 11.9. The van der Waals surface area contributed by atoms with Crippen molar-refractivity contribution in [3.63, 3.8) is 0 Å². The normalized spacial score (nSPS) is 12.3. The van der Waals surface area contributed by atoms with E-state index in [9.17, 15) is 5.11 Å². The van der Waals surface area contributed by atoms with Gasteiger partial charge in [0, 0.05) is 0 Å². The molecule has 0 amide bonds. The molecule has 0 aromatic heterocycles. The maximum absolute atomic E-state index is 10.6. The fraction of sp³-hybridized carbons (Fsp3) is 0.294. The Hall–Kier alpha value is -1.80. The maximum Gasteiger partial charge on any atom is 0.121 e. The van der Waals surface area contributed by atoms with Crippen molar-refractivity contribution < 1.29 is 9.84 Å². The lowest BCUT2D eigenvalue weighted by atomic mass is 9.93. The third-order valence-electron chi connectivity index (χ3n) is 3.55. The molecular weight excluding hydrogens is 236 g/mol. The zero-order chi connectivity index (χ0) is 14.0. The van der Waals surface area contributed by atoms with Gasteiger partial charge in [0.1, 0.15) is 11.9 Å². The molecule has 1 N–H and O–H groups in total. The lowest BCUT2D eigenvalue weighted by molar-refractivity contribution is 0.218.